The van der Waals surface area contributed by atoms with Crippen LogP contribution in [0, 0.1) is 19.3 Å². The molecule has 2 aromatic carbocycles. The third kappa shape index (κ3) is 7.13. The first-order valence-corrected chi connectivity index (χ1v) is 17.8. The fraction of sp³-hybridized carbons (Fsp3) is 0.667. The molecule has 2 fully saturated rings. The third-order valence-electron chi connectivity index (χ3n) is 8.65. The van der Waals surface area contributed by atoms with E-state index in [-0.39, 0.29) is 32.9 Å². The van der Waals surface area contributed by atoms with Gasteiger partial charge in [-0.15, -0.1) is 0 Å². The van der Waals surface area contributed by atoms with Crippen LogP contribution in [-0.2, 0) is 35.4 Å². The van der Waals surface area contributed by atoms with Gasteiger partial charge in [-0.05, 0) is 86.7 Å². The zero-order chi connectivity index (χ0) is 30.8. The molecule has 2 unspecified atom stereocenters. The zero-order valence-corrected chi connectivity index (χ0v) is 30.3. The summed E-state index contributed by atoms with van der Waals surface area (Å²) in [6, 6.07) is 9.64. The number of rotatable bonds is 2. The summed E-state index contributed by atoms with van der Waals surface area (Å²) in [5, 5.41) is 1.25. The highest BCUT2D eigenvalue weighted by Gasteiger charge is 2.44. The van der Waals surface area contributed by atoms with Crippen molar-refractivity contribution in [2.45, 2.75) is 124 Å². The quantitative estimate of drug-likeness (QED) is 0.322. The van der Waals surface area contributed by atoms with E-state index in [0.29, 0.717) is 28.4 Å². The molecular weight excluding hydrogens is 542 g/mol. The lowest BCUT2D eigenvalue weighted by Gasteiger charge is -2.45. The van der Waals surface area contributed by atoms with Crippen LogP contribution < -0.4 is 5.30 Å². The maximum absolute atomic E-state index is 6.76. The minimum atomic E-state index is -1.13. The van der Waals surface area contributed by atoms with E-state index >= 15 is 0 Å². The molecule has 228 valence electrons. The summed E-state index contributed by atoms with van der Waals surface area (Å²) in [7, 11) is -0.442. The summed E-state index contributed by atoms with van der Waals surface area (Å²) in [6.45, 7) is 34.3. The summed E-state index contributed by atoms with van der Waals surface area (Å²) < 4.78 is 20.1. The van der Waals surface area contributed by atoms with Crippen molar-refractivity contribution < 1.29 is 13.8 Å². The van der Waals surface area contributed by atoms with Gasteiger partial charge in [-0.25, -0.2) is 0 Å². The molecule has 0 aliphatic carbocycles. The van der Waals surface area contributed by atoms with Gasteiger partial charge in [-0.3, -0.25) is 0 Å². The number of hydrogen-bond donors (Lipinski definition) is 0. The Labute approximate surface area is 254 Å². The molecule has 2 heterocycles. The van der Waals surface area contributed by atoms with E-state index in [1.54, 1.807) is 0 Å². The summed E-state index contributed by atoms with van der Waals surface area (Å²) in [4.78, 5) is 0. The Kier molecular flexibility index (Phi) is 9.10. The molecule has 41 heavy (non-hydrogen) atoms. The predicted octanol–water partition coefficient (Wildman–Crippen LogP) is 9.87. The van der Waals surface area contributed by atoms with Crippen LogP contribution in [0.3, 0.4) is 0 Å². The molecule has 2 atom stereocenters. The first-order valence-electron chi connectivity index (χ1n) is 15.3. The van der Waals surface area contributed by atoms with Crippen molar-refractivity contribution in [1.29, 1.82) is 0 Å². The van der Waals surface area contributed by atoms with Gasteiger partial charge in [0, 0.05) is 10.7 Å². The van der Waals surface area contributed by atoms with Crippen LogP contribution in [0.4, 0.5) is 0 Å². The Morgan fingerprint density at radius 2 is 1.10 bits per heavy atom. The molecule has 3 nitrogen and oxygen atoms in total. The van der Waals surface area contributed by atoms with E-state index in [4.69, 9.17) is 13.8 Å². The van der Waals surface area contributed by atoms with E-state index < -0.39 is 8.38 Å². The molecule has 0 amide bonds. The molecule has 0 bridgehead atoms. The Morgan fingerprint density at radius 1 is 0.634 bits per heavy atom. The molecule has 5 heteroatoms. The SMILES string of the molecule is Cc1cc(C(C)(C)C)c(C2OCC3(COP(c4cc(C(C)(C)C)c(C)cc4C(C)(C)C)OC3)CP2)cc1C(C)(C)C. The van der Waals surface area contributed by atoms with Gasteiger partial charge in [0.25, 0.3) is 0 Å². The van der Waals surface area contributed by atoms with E-state index in [1.807, 2.05) is 0 Å². The molecular formula is C36H56O3P2. The van der Waals surface area contributed by atoms with Gasteiger partial charge in [0.15, 0.2) is 0 Å². The molecule has 4 rings (SSSR count). The second-order valence-electron chi connectivity index (χ2n) is 16.8. The largest absolute Gasteiger partial charge is 0.369 e. The number of ether oxygens (including phenoxy) is 1. The van der Waals surface area contributed by atoms with E-state index in [1.165, 1.54) is 44.2 Å². The smallest absolute Gasteiger partial charge is 0.205 e. The van der Waals surface area contributed by atoms with Crippen LogP contribution in [0.15, 0.2) is 24.3 Å². The summed E-state index contributed by atoms with van der Waals surface area (Å²) in [5.41, 5.74) is 9.87. The Hall–Kier alpha value is -0.820. The molecule has 0 N–H and O–H groups in total. The first kappa shape index (κ1) is 33.1. The second-order valence-corrected chi connectivity index (χ2v) is 19.6. The molecule has 0 aromatic heterocycles. The van der Waals surface area contributed by atoms with E-state index in [2.05, 4.69) is 121 Å². The van der Waals surface area contributed by atoms with Gasteiger partial charge in [0.05, 0.1) is 25.7 Å². The zero-order valence-electron chi connectivity index (χ0n) is 28.4. The maximum Gasteiger partial charge on any atom is 0.205 e. The highest BCUT2D eigenvalue weighted by molar-refractivity contribution is 7.56. The lowest BCUT2D eigenvalue weighted by atomic mass is 9.77. The van der Waals surface area contributed by atoms with E-state index in [0.717, 1.165) is 6.16 Å². The molecule has 1 spiro atoms. The van der Waals surface area contributed by atoms with Crippen LogP contribution >= 0.6 is 17.0 Å². The number of aryl methyl sites for hydroxylation is 2. The van der Waals surface area contributed by atoms with Crippen molar-refractivity contribution in [2.75, 3.05) is 26.0 Å². The monoisotopic (exact) mass is 598 g/mol. The fourth-order valence-corrected chi connectivity index (χ4v) is 9.88. The minimum absolute atomic E-state index is 0.0218. The third-order valence-corrected chi connectivity index (χ3v) is 11.9. The van der Waals surface area contributed by atoms with Crippen molar-refractivity contribution in [1.82, 2.24) is 0 Å². The first-order chi connectivity index (χ1) is 18.6. The molecule has 2 aliphatic heterocycles. The summed E-state index contributed by atoms with van der Waals surface area (Å²) in [6.07, 6.45) is 1.08. The van der Waals surface area contributed by atoms with Crippen LogP contribution in [0.5, 0.6) is 0 Å². The van der Waals surface area contributed by atoms with E-state index in [9.17, 15) is 0 Å². The van der Waals surface area contributed by atoms with Gasteiger partial charge < -0.3 is 13.8 Å². The number of benzene rings is 2. The van der Waals surface area contributed by atoms with Crippen LogP contribution in [-0.4, -0.2) is 26.0 Å². The Balaban J connectivity index is 1.55. The van der Waals surface area contributed by atoms with Gasteiger partial charge in [-0.2, -0.15) is 0 Å². The van der Waals surface area contributed by atoms with Gasteiger partial charge in [0.2, 0.25) is 8.38 Å². The van der Waals surface area contributed by atoms with Crippen LogP contribution in [0.25, 0.3) is 0 Å². The highest BCUT2D eigenvalue weighted by Crippen LogP contribution is 2.54. The summed E-state index contributed by atoms with van der Waals surface area (Å²) >= 11 is 0. The van der Waals surface area contributed by atoms with Gasteiger partial charge in [0.1, 0.15) is 0 Å². The topological polar surface area (TPSA) is 27.7 Å². The molecule has 2 saturated heterocycles. The molecule has 2 aromatic rings. The van der Waals surface area contributed by atoms with Crippen LogP contribution in [0.1, 0.15) is 128 Å². The Bertz CT molecular complexity index is 1150. The molecule has 2 aliphatic rings. The van der Waals surface area contributed by atoms with Gasteiger partial charge in [-0.1, -0.05) is 110 Å². The van der Waals surface area contributed by atoms with Crippen LogP contribution in [0.2, 0.25) is 0 Å². The average molecular weight is 599 g/mol. The van der Waals surface area contributed by atoms with Crippen molar-refractivity contribution in [3.63, 3.8) is 0 Å². The lowest BCUT2D eigenvalue weighted by molar-refractivity contribution is -0.0417. The maximum atomic E-state index is 6.76. The lowest BCUT2D eigenvalue weighted by Crippen LogP contribution is -2.45. The standard InChI is InChI=1S/C36H56O3P2/c1-23-15-28(34(9,10)11)25(17-26(23)32(3,4)5)31-37-19-36(22-40-31)20-38-41(39-21-36)30-18-27(33(6,7)8)24(2)16-29(30)35(12,13)14/h15-18,31,40H,19-22H2,1-14H3. The predicted molar refractivity (Wildman–Crippen MR) is 180 cm³/mol. The summed E-state index contributed by atoms with van der Waals surface area (Å²) in [5.74, 6) is 0.138. The molecule has 0 radical (unpaired) electrons. The van der Waals surface area contributed by atoms with Gasteiger partial charge >= 0.3 is 0 Å². The van der Waals surface area contributed by atoms with Crippen molar-refractivity contribution in [3.05, 3.63) is 63.2 Å². The minimum Gasteiger partial charge on any atom is -0.369 e. The normalized spacial score (nSPS) is 25.2. The van der Waals surface area contributed by atoms with Crippen molar-refractivity contribution in [3.8, 4) is 0 Å². The Morgan fingerprint density at radius 3 is 1.54 bits per heavy atom. The molecule has 0 saturated carbocycles. The number of hydrogen-bond acceptors (Lipinski definition) is 3. The average Bonchev–Trinajstić information content (AvgIpc) is 2.82. The van der Waals surface area contributed by atoms with Crippen molar-refractivity contribution >= 4 is 22.3 Å². The second kappa shape index (κ2) is 11.3. The van der Waals surface area contributed by atoms with Crippen molar-refractivity contribution in [2.24, 2.45) is 5.41 Å². The fourth-order valence-electron chi connectivity index (χ4n) is 6.33. The highest BCUT2D eigenvalue weighted by atomic mass is 31.2.